The maximum Gasteiger partial charge on any atom is 0.248 e. The number of rotatable bonds is 7. The van der Waals surface area contributed by atoms with Crippen molar-refractivity contribution in [1.29, 1.82) is 0 Å². The highest BCUT2D eigenvalue weighted by molar-refractivity contribution is 6.05. The third kappa shape index (κ3) is 5.24. The topological polar surface area (TPSA) is 54.7 Å². The minimum atomic E-state index is -0.190. The van der Waals surface area contributed by atoms with E-state index in [1.165, 1.54) is 11.1 Å². The molecule has 0 fully saturated rings. The van der Waals surface area contributed by atoms with E-state index in [1.54, 1.807) is 12.3 Å². The molecule has 0 bridgehead atoms. The van der Waals surface area contributed by atoms with Crippen LogP contribution >= 0.6 is 0 Å². The molecule has 1 amide bonds. The normalized spacial score (nSPS) is 11.5. The molecule has 1 aromatic heterocycles. The van der Waals surface area contributed by atoms with Crippen LogP contribution in [-0.4, -0.2) is 26.6 Å². The minimum Gasteiger partial charge on any atom is -0.493 e. The summed E-state index contributed by atoms with van der Waals surface area (Å²) >= 11 is 0. The smallest absolute Gasteiger partial charge is 0.248 e. The lowest BCUT2D eigenvalue weighted by Gasteiger charge is -2.13. The van der Waals surface area contributed by atoms with Gasteiger partial charge in [-0.3, -0.25) is 4.79 Å². The van der Waals surface area contributed by atoms with Gasteiger partial charge in [0.2, 0.25) is 5.91 Å². The largest absolute Gasteiger partial charge is 0.493 e. The third-order valence-electron chi connectivity index (χ3n) is 6.07. The van der Waals surface area contributed by atoms with E-state index >= 15 is 0 Å². The Bertz CT molecular complexity index is 1400. The van der Waals surface area contributed by atoms with E-state index in [0.29, 0.717) is 12.4 Å². The molecule has 0 aliphatic carbocycles. The van der Waals surface area contributed by atoms with Gasteiger partial charge in [0.1, 0.15) is 11.3 Å². The zero-order valence-electron chi connectivity index (χ0n) is 21.2. The van der Waals surface area contributed by atoms with Crippen LogP contribution in [0.5, 0.6) is 5.75 Å². The van der Waals surface area contributed by atoms with Gasteiger partial charge in [0.25, 0.3) is 0 Å². The molecular formula is C30H32N2O3. The van der Waals surface area contributed by atoms with Crippen LogP contribution in [0.4, 0.5) is 11.4 Å². The Kier molecular flexibility index (Phi) is 6.97. The molecule has 1 N–H and O–H groups in total. The second-order valence-electron chi connectivity index (χ2n) is 9.00. The van der Waals surface area contributed by atoms with E-state index < -0.39 is 0 Å². The van der Waals surface area contributed by atoms with Crippen molar-refractivity contribution in [2.24, 2.45) is 0 Å². The Morgan fingerprint density at radius 3 is 2.43 bits per heavy atom. The molecule has 180 valence electrons. The Hall–Kier alpha value is -3.99. The zero-order valence-corrected chi connectivity index (χ0v) is 21.2. The van der Waals surface area contributed by atoms with Crippen molar-refractivity contribution in [1.82, 2.24) is 0 Å². The van der Waals surface area contributed by atoms with E-state index in [0.717, 1.165) is 44.6 Å². The number of nitrogens with one attached hydrogen (secondary N) is 1. The number of hydrogen-bond acceptors (Lipinski definition) is 4. The average Bonchev–Trinajstić information content (AvgIpc) is 3.21. The van der Waals surface area contributed by atoms with Gasteiger partial charge >= 0.3 is 0 Å². The standard InChI is InChI=1S/C30H32N2O3/c1-7-34-28-17-29-26(27(18-35-29)24-13-8-19(2)14-20(24)3)16-25(28)21(4)15-30(33)31-22-9-11-23(12-10-22)32(5)6/h8-18H,7H2,1-6H3,(H,31,33)/b21-15+. The van der Waals surface area contributed by atoms with Crippen LogP contribution in [0.2, 0.25) is 0 Å². The maximum absolute atomic E-state index is 12.8. The molecule has 4 aromatic rings. The first-order valence-electron chi connectivity index (χ1n) is 11.8. The quantitative estimate of drug-likeness (QED) is 0.291. The fourth-order valence-electron chi connectivity index (χ4n) is 4.26. The van der Waals surface area contributed by atoms with Crippen LogP contribution in [0.15, 0.2) is 71.4 Å². The van der Waals surface area contributed by atoms with Gasteiger partial charge in [-0.1, -0.05) is 23.8 Å². The number of aryl methyl sites for hydroxylation is 2. The Labute approximate surface area is 207 Å². The SMILES string of the molecule is CCOc1cc2occ(-c3ccc(C)cc3C)c2cc1/C(C)=C/C(=O)Nc1ccc(N(C)C)cc1. The summed E-state index contributed by atoms with van der Waals surface area (Å²) in [6.07, 6.45) is 3.41. The summed E-state index contributed by atoms with van der Waals surface area (Å²) in [7, 11) is 3.97. The first-order valence-corrected chi connectivity index (χ1v) is 11.8. The molecule has 0 saturated carbocycles. The first kappa shape index (κ1) is 24.1. The molecule has 0 aliphatic heterocycles. The van der Waals surface area contributed by atoms with Crippen molar-refractivity contribution in [3.8, 4) is 16.9 Å². The van der Waals surface area contributed by atoms with Crippen molar-refractivity contribution < 1.29 is 13.9 Å². The lowest BCUT2D eigenvalue weighted by molar-refractivity contribution is -0.111. The number of carbonyl (C=O) groups is 1. The van der Waals surface area contributed by atoms with E-state index in [1.807, 2.05) is 63.2 Å². The highest BCUT2D eigenvalue weighted by Gasteiger charge is 2.16. The summed E-state index contributed by atoms with van der Waals surface area (Å²) in [5, 5.41) is 3.94. The zero-order chi connectivity index (χ0) is 25.1. The monoisotopic (exact) mass is 468 g/mol. The number of nitrogens with zero attached hydrogens (tertiary/aromatic N) is 1. The molecule has 0 atom stereocenters. The second kappa shape index (κ2) is 10.1. The Morgan fingerprint density at radius 2 is 1.77 bits per heavy atom. The van der Waals surface area contributed by atoms with Gasteiger partial charge in [0.15, 0.2) is 0 Å². The van der Waals surface area contributed by atoms with Crippen molar-refractivity contribution in [3.63, 3.8) is 0 Å². The summed E-state index contributed by atoms with van der Waals surface area (Å²) in [4.78, 5) is 14.8. The molecular weight excluding hydrogens is 436 g/mol. The maximum atomic E-state index is 12.8. The van der Waals surface area contributed by atoms with Crippen molar-refractivity contribution in [2.45, 2.75) is 27.7 Å². The summed E-state index contributed by atoms with van der Waals surface area (Å²) in [6, 6.07) is 18.1. The number of fused-ring (bicyclic) bond motifs is 1. The molecule has 1 heterocycles. The molecule has 0 spiro atoms. The molecule has 35 heavy (non-hydrogen) atoms. The molecule has 5 nitrogen and oxygen atoms in total. The molecule has 4 rings (SSSR count). The number of allylic oxidation sites excluding steroid dienone is 1. The predicted octanol–water partition coefficient (Wildman–Crippen LogP) is 7.22. The van der Waals surface area contributed by atoms with Crippen LogP contribution < -0.4 is 15.0 Å². The van der Waals surface area contributed by atoms with Crippen LogP contribution in [0.3, 0.4) is 0 Å². The number of hydrogen-bond donors (Lipinski definition) is 1. The van der Waals surface area contributed by atoms with Crippen LogP contribution in [0.25, 0.3) is 27.7 Å². The molecule has 0 radical (unpaired) electrons. The van der Waals surface area contributed by atoms with Gasteiger partial charge in [0.05, 0.1) is 12.9 Å². The average molecular weight is 469 g/mol. The summed E-state index contributed by atoms with van der Waals surface area (Å²) in [5.41, 5.74) is 8.82. The van der Waals surface area contributed by atoms with Crippen LogP contribution in [0, 0.1) is 13.8 Å². The molecule has 0 saturated heterocycles. The summed E-state index contributed by atoms with van der Waals surface area (Å²) < 4.78 is 11.8. The number of ether oxygens (including phenoxy) is 1. The molecule has 5 heteroatoms. The van der Waals surface area contributed by atoms with Crippen molar-refractivity contribution in [2.75, 3.05) is 30.9 Å². The van der Waals surface area contributed by atoms with Crippen LogP contribution in [0.1, 0.15) is 30.5 Å². The number of benzene rings is 3. The number of anilines is 2. The van der Waals surface area contributed by atoms with E-state index in [9.17, 15) is 4.79 Å². The fourth-order valence-corrected chi connectivity index (χ4v) is 4.26. The van der Waals surface area contributed by atoms with Gasteiger partial charge in [0, 0.05) is 54.1 Å². The van der Waals surface area contributed by atoms with Crippen molar-refractivity contribution >= 4 is 33.8 Å². The summed E-state index contributed by atoms with van der Waals surface area (Å²) in [5.74, 6) is 0.503. The van der Waals surface area contributed by atoms with Gasteiger partial charge in [-0.2, -0.15) is 0 Å². The lowest BCUT2D eigenvalue weighted by Crippen LogP contribution is -2.10. The highest BCUT2D eigenvalue weighted by atomic mass is 16.5. The van der Waals surface area contributed by atoms with Gasteiger partial charge < -0.3 is 19.4 Å². The predicted molar refractivity (Wildman–Crippen MR) is 145 cm³/mol. The van der Waals surface area contributed by atoms with E-state index in [2.05, 4.69) is 43.4 Å². The fraction of sp³-hybridized carbons (Fsp3) is 0.233. The molecule has 0 aliphatic rings. The lowest BCUT2D eigenvalue weighted by atomic mass is 9.96. The van der Waals surface area contributed by atoms with Gasteiger partial charge in [-0.05, 0) is 74.7 Å². The van der Waals surface area contributed by atoms with Gasteiger partial charge in [-0.25, -0.2) is 0 Å². The Balaban J connectivity index is 1.69. The van der Waals surface area contributed by atoms with E-state index in [-0.39, 0.29) is 5.91 Å². The number of furan rings is 1. The molecule has 0 unspecified atom stereocenters. The van der Waals surface area contributed by atoms with Crippen LogP contribution in [-0.2, 0) is 4.79 Å². The van der Waals surface area contributed by atoms with E-state index in [4.69, 9.17) is 9.15 Å². The van der Waals surface area contributed by atoms with Crippen molar-refractivity contribution in [3.05, 3.63) is 83.6 Å². The minimum absolute atomic E-state index is 0.190. The number of carbonyl (C=O) groups excluding carboxylic acids is 1. The third-order valence-corrected chi connectivity index (χ3v) is 6.07. The Morgan fingerprint density at radius 1 is 1.03 bits per heavy atom. The second-order valence-corrected chi connectivity index (χ2v) is 9.00. The van der Waals surface area contributed by atoms with Gasteiger partial charge in [-0.15, -0.1) is 0 Å². The number of amides is 1. The molecule has 3 aromatic carbocycles. The first-order chi connectivity index (χ1) is 16.8. The summed E-state index contributed by atoms with van der Waals surface area (Å²) in [6.45, 7) is 8.58. The highest BCUT2D eigenvalue weighted by Crippen LogP contribution is 2.38.